The van der Waals surface area contributed by atoms with E-state index in [1.54, 1.807) is 6.92 Å². The SMILES string of the molecule is C#CCn1ncc(NCC(C)(O)CC(C)C)c(Br)c1=O. The highest BCUT2D eigenvalue weighted by molar-refractivity contribution is 9.10. The fourth-order valence-corrected chi connectivity index (χ4v) is 2.47. The van der Waals surface area contributed by atoms with Crippen molar-refractivity contribution in [3.63, 3.8) is 0 Å². The van der Waals surface area contributed by atoms with E-state index in [0.717, 1.165) is 0 Å². The second-order valence-corrected chi connectivity index (χ2v) is 6.28. The van der Waals surface area contributed by atoms with Gasteiger partial charge in [-0.2, -0.15) is 5.10 Å². The summed E-state index contributed by atoms with van der Waals surface area (Å²) in [5.41, 5.74) is -0.592. The predicted molar refractivity (Wildman–Crippen MR) is 83.6 cm³/mol. The lowest BCUT2D eigenvalue weighted by atomic mass is 9.94. The summed E-state index contributed by atoms with van der Waals surface area (Å²) in [5, 5.41) is 17.3. The maximum Gasteiger partial charge on any atom is 0.284 e. The third kappa shape index (κ3) is 4.66. The molecule has 1 rings (SSSR count). The first-order valence-corrected chi connectivity index (χ1v) is 7.21. The molecule has 20 heavy (non-hydrogen) atoms. The zero-order chi connectivity index (χ0) is 15.3. The van der Waals surface area contributed by atoms with Crippen molar-refractivity contribution in [2.75, 3.05) is 11.9 Å². The number of hydrogen-bond donors (Lipinski definition) is 2. The Balaban J connectivity index is 2.82. The summed E-state index contributed by atoms with van der Waals surface area (Å²) < 4.78 is 1.56. The first-order chi connectivity index (χ1) is 9.26. The number of hydrogen-bond acceptors (Lipinski definition) is 4. The molecular weight excluding hydrogens is 322 g/mol. The molecule has 0 fully saturated rings. The number of aliphatic hydroxyl groups is 1. The van der Waals surface area contributed by atoms with Gasteiger partial charge >= 0.3 is 0 Å². The van der Waals surface area contributed by atoms with Crippen LogP contribution in [0.1, 0.15) is 27.2 Å². The molecule has 1 aromatic heterocycles. The van der Waals surface area contributed by atoms with Crippen LogP contribution in [0.25, 0.3) is 0 Å². The molecule has 0 aliphatic rings. The van der Waals surface area contributed by atoms with Crippen LogP contribution in [0.2, 0.25) is 0 Å². The van der Waals surface area contributed by atoms with Crippen molar-refractivity contribution in [1.29, 1.82) is 0 Å². The lowest BCUT2D eigenvalue weighted by molar-refractivity contribution is 0.0515. The van der Waals surface area contributed by atoms with Crippen molar-refractivity contribution in [1.82, 2.24) is 9.78 Å². The van der Waals surface area contributed by atoms with Gasteiger partial charge in [-0.25, -0.2) is 4.68 Å². The molecule has 0 radical (unpaired) electrons. The van der Waals surface area contributed by atoms with Crippen molar-refractivity contribution in [3.8, 4) is 12.3 Å². The molecule has 110 valence electrons. The summed E-state index contributed by atoms with van der Waals surface area (Å²) in [6, 6.07) is 0. The van der Waals surface area contributed by atoms with Gasteiger partial charge in [0.2, 0.25) is 0 Å². The normalized spacial score (nSPS) is 13.8. The molecule has 6 heteroatoms. The molecule has 0 amide bonds. The van der Waals surface area contributed by atoms with Crippen LogP contribution in [0.3, 0.4) is 0 Å². The van der Waals surface area contributed by atoms with Gasteiger partial charge in [0.15, 0.2) is 0 Å². The summed E-state index contributed by atoms with van der Waals surface area (Å²) in [6.07, 6.45) is 7.35. The van der Waals surface area contributed by atoms with E-state index in [1.807, 2.05) is 13.8 Å². The molecule has 1 aromatic rings. The Bertz CT molecular complexity index is 559. The molecule has 0 saturated heterocycles. The van der Waals surface area contributed by atoms with E-state index in [1.165, 1.54) is 10.9 Å². The van der Waals surface area contributed by atoms with Crippen molar-refractivity contribution in [2.45, 2.75) is 39.3 Å². The second kappa shape index (κ2) is 6.91. The van der Waals surface area contributed by atoms with Gasteiger partial charge in [-0.05, 0) is 35.2 Å². The van der Waals surface area contributed by atoms with Crippen molar-refractivity contribution >= 4 is 21.6 Å². The van der Waals surface area contributed by atoms with Crippen LogP contribution in [0.4, 0.5) is 5.69 Å². The van der Waals surface area contributed by atoms with Crippen LogP contribution < -0.4 is 10.9 Å². The summed E-state index contributed by atoms with van der Waals surface area (Å²) in [7, 11) is 0. The van der Waals surface area contributed by atoms with E-state index < -0.39 is 5.60 Å². The molecule has 0 aromatic carbocycles. The number of rotatable bonds is 6. The Labute approximate surface area is 127 Å². The molecule has 5 nitrogen and oxygen atoms in total. The van der Waals surface area contributed by atoms with Crippen LogP contribution in [0.5, 0.6) is 0 Å². The van der Waals surface area contributed by atoms with Crippen LogP contribution in [0.15, 0.2) is 15.5 Å². The minimum absolute atomic E-state index is 0.128. The fourth-order valence-electron chi connectivity index (χ4n) is 2.02. The molecule has 0 saturated carbocycles. The van der Waals surface area contributed by atoms with Gasteiger partial charge < -0.3 is 10.4 Å². The molecule has 1 heterocycles. The van der Waals surface area contributed by atoms with Gasteiger partial charge in [0.1, 0.15) is 11.0 Å². The Kier molecular flexibility index (Phi) is 5.78. The van der Waals surface area contributed by atoms with Gasteiger partial charge in [0, 0.05) is 6.54 Å². The number of nitrogens with one attached hydrogen (secondary N) is 1. The standard InChI is InChI=1S/C14H20BrN3O2/c1-5-6-18-13(19)12(15)11(8-17-18)16-9-14(4,20)7-10(2)3/h1,8,10,16,20H,6-7,9H2,2-4H3. The largest absolute Gasteiger partial charge is 0.388 e. The minimum Gasteiger partial charge on any atom is -0.388 e. The predicted octanol–water partition coefficient (Wildman–Crippen LogP) is 1.85. The summed E-state index contributed by atoms with van der Waals surface area (Å²) in [5.74, 6) is 2.75. The Morgan fingerprint density at radius 2 is 2.30 bits per heavy atom. The van der Waals surface area contributed by atoms with Gasteiger partial charge in [-0.3, -0.25) is 4.79 Å². The van der Waals surface area contributed by atoms with E-state index in [4.69, 9.17) is 6.42 Å². The quantitative estimate of drug-likeness (QED) is 0.775. The Morgan fingerprint density at radius 3 is 2.85 bits per heavy atom. The van der Waals surface area contributed by atoms with Gasteiger partial charge in [-0.15, -0.1) is 6.42 Å². The number of anilines is 1. The van der Waals surface area contributed by atoms with Crippen molar-refractivity contribution < 1.29 is 5.11 Å². The van der Waals surface area contributed by atoms with Crippen molar-refractivity contribution in [3.05, 3.63) is 21.0 Å². The number of aromatic nitrogens is 2. The van der Waals surface area contributed by atoms with Crippen LogP contribution in [-0.4, -0.2) is 27.0 Å². The van der Waals surface area contributed by atoms with E-state index in [2.05, 4.69) is 32.3 Å². The maximum absolute atomic E-state index is 11.9. The van der Waals surface area contributed by atoms with Gasteiger partial charge in [-0.1, -0.05) is 19.8 Å². The molecule has 0 spiro atoms. The number of halogens is 1. The zero-order valence-electron chi connectivity index (χ0n) is 12.0. The van der Waals surface area contributed by atoms with E-state index >= 15 is 0 Å². The first kappa shape index (κ1) is 16.7. The minimum atomic E-state index is -0.846. The fraction of sp³-hybridized carbons (Fsp3) is 0.571. The molecule has 1 unspecified atom stereocenters. The molecule has 1 atom stereocenters. The highest BCUT2D eigenvalue weighted by Crippen LogP contribution is 2.20. The molecular formula is C14H20BrN3O2. The van der Waals surface area contributed by atoms with Gasteiger partial charge in [0.05, 0.1) is 17.5 Å². The first-order valence-electron chi connectivity index (χ1n) is 6.42. The van der Waals surface area contributed by atoms with Crippen LogP contribution in [-0.2, 0) is 6.54 Å². The highest BCUT2D eigenvalue weighted by atomic mass is 79.9. The lowest BCUT2D eigenvalue weighted by Crippen LogP contribution is -2.35. The average Bonchev–Trinajstić information content (AvgIpc) is 2.33. The maximum atomic E-state index is 11.9. The van der Waals surface area contributed by atoms with Crippen LogP contribution in [0, 0.1) is 18.3 Å². The monoisotopic (exact) mass is 341 g/mol. The van der Waals surface area contributed by atoms with Gasteiger partial charge in [0.25, 0.3) is 5.56 Å². The Morgan fingerprint density at radius 1 is 1.65 bits per heavy atom. The summed E-state index contributed by atoms with van der Waals surface area (Å²) in [6.45, 7) is 6.33. The second-order valence-electron chi connectivity index (χ2n) is 5.49. The number of terminal acetylenes is 1. The molecule has 0 aliphatic carbocycles. The average molecular weight is 342 g/mol. The topological polar surface area (TPSA) is 67.2 Å². The third-order valence-corrected chi connectivity index (χ3v) is 3.50. The number of nitrogens with zero attached hydrogens (tertiary/aromatic N) is 2. The molecule has 0 bridgehead atoms. The Hall–Kier alpha value is -1.32. The third-order valence-electron chi connectivity index (χ3n) is 2.73. The van der Waals surface area contributed by atoms with Crippen molar-refractivity contribution in [2.24, 2.45) is 5.92 Å². The smallest absolute Gasteiger partial charge is 0.284 e. The van der Waals surface area contributed by atoms with E-state index in [0.29, 0.717) is 29.0 Å². The van der Waals surface area contributed by atoms with E-state index in [-0.39, 0.29) is 12.1 Å². The highest BCUT2D eigenvalue weighted by Gasteiger charge is 2.22. The zero-order valence-corrected chi connectivity index (χ0v) is 13.6. The van der Waals surface area contributed by atoms with E-state index in [9.17, 15) is 9.90 Å². The molecule has 0 aliphatic heterocycles. The molecule has 2 N–H and O–H groups in total. The summed E-state index contributed by atoms with van der Waals surface area (Å²) >= 11 is 3.23. The lowest BCUT2D eigenvalue weighted by Gasteiger charge is -2.26. The van der Waals surface area contributed by atoms with Crippen LogP contribution >= 0.6 is 15.9 Å². The summed E-state index contributed by atoms with van der Waals surface area (Å²) in [4.78, 5) is 11.9.